The molecule has 1 aliphatic heterocycles. The summed E-state index contributed by atoms with van der Waals surface area (Å²) in [6.45, 7) is 0.998. The molecule has 1 fully saturated rings. The molecule has 2 heterocycles. The Kier molecular flexibility index (Phi) is 4.67. The van der Waals surface area contributed by atoms with Crippen LogP contribution in [0.25, 0.3) is 11.0 Å². The number of amides is 1. The number of rotatable bonds is 3. The first kappa shape index (κ1) is 18.0. The first-order chi connectivity index (χ1) is 13.0. The van der Waals surface area contributed by atoms with E-state index in [1.165, 1.54) is 10.4 Å². The molecule has 0 spiro atoms. The fraction of sp³-hybridized carbons (Fsp3) is 0.211. The molecule has 1 saturated heterocycles. The van der Waals surface area contributed by atoms with Crippen molar-refractivity contribution in [2.75, 3.05) is 26.2 Å². The largest absolute Gasteiger partial charge is 0.451 e. The van der Waals surface area contributed by atoms with Crippen LogP contribution in [-0.4, -0.2) is 49.7 Å². The summed E-state index contributed by atoms with van der Waals surface area (Å²) >= 11 is 6.04. The lowest BCUT2D eigenvalue weighted by molar-refractivity contribution is 0.0668. The third kappa shape index (κ3) is 3.34. The highest BCUT2D eigenvalue weighted by molar-refractivity contribution is 7.89. The van der Waals surface area contributed by atoms with Crippen molar-refractivity contribution in [1.29, 1.82) is 0 Å². The summed E-state index contributed by atoms with van der Waals surface area (Å²) in [6.07, 6.45) is 0. The van der Waals surface area contributed by atoms with E-state index in [1.54, 1.807) is 35.2 Å². The minimum atomic E-state index is -3.69. The lowest BCUT2D eigenvalue weighted by atomic mass is 10.2. The Morgan fingerprint density at radius 3 is 2.33 bits per heavy atom. The van der Waals surface area contributed by atoms with Gasteiger partial charge in [-0.3, -0.25) is 4.79 Å². The Balaban J connectivity index is 1.48. The van der Waals surface area contributed by atoms with Crippen LogP contribution in [0.4, 0.5) is 0 Å². The molecule has 1 amide bonds. The van der Waals surface area contributed by atoms with Crippen LogP contribution in [0.1, 0.15) is 10.6 Å². The minimum absolute atomic E-state index is 0.0868. The third-order valence-electron chi connectivity index (χ3n) is 4.62. The van der Waals surface area contributed by atoms with Crippen molar-refractivity contribution >= 4 is 38.5 Å². The van der Waals surface area contributed by atoms with Gasteiger partial charge in [0, 0.05) is 31.6 Å². The Bertz CT molecular complexity index is 1070. The van der Waals surface area contributed by atoms with E-state index >= 15 is 0 Å². The summed E-state index contributed by atoms with van der Waals surface area (Å²) in [5.41, 5.74) is 0.654. The van der Waals surface area contributed by atoms with Crippen molar-refractivity contribution in [3.05, 3.63) is 65.4 Å². The lowest BCUT2D eigenvalue weighted by Gasteiger charge is -2.33. The number of fused-ring (bicyclic) bond motifs is 1. The first-order valence-electron chi connectivity index (χ1n) is 8.49. The molecule has 4 rings (SSSR count). The van der Waals surface area contributed by atoms with Crippen molar-refractivity contribution in [1.82, 2.24) is 9.21 Å². The maximum atomic E-state index is 12.8. The zero-order chi connectivity index (χ0) is 19.0. The van der Waals surface area contributed by atoms with E-state index in [1.807, 2.05) is 18.2 Å². The van der Waals surface area contributed by atoms with Gasteiger partial charge in [0.05, 0.1) is 5.02 Å². The summed E-state index contributed by atoms with van der Waals surface area (Å²) in [6, 6.07) is 15.5. The second-order valence-electron chi connectivity index (χ2n) is 6.28. The van der Waals surface area contributed by atoms with Crippen LogP contribution in [0.5, 0.6) is 0 Å². The number of halogens is 1. The Hall–Kier alpha value is -2.35. The number of benzene rings is 2. The van der Waals surface area contributed by atoms with Crippen LogP contribution in [0.3, 0.4) is 0 Å². The highest BCUT2D eigenvalue weighted by Gasteiger charge is 2.32. The summed E-state index contributed by atoms with van der Waals surface area (Å²) in [7, 11) is -3.69. The molecule has 8 heteroatoms. The Labute approximate surface area is 162 Å². The van der Waals surface area contributed by atoms with Gasteiger partial charge in [0.15, 0.2) is 5.76 Å². The summed E-state index contributed by atoms with van der Waals surface area (Å²) in [5.74, 6) is 0.0274. The molecule has 2 aromatic carbocycles. The molecular weight excluding hydrogens is 388 g/mol. The fourth-order valence-corrected chi connectivity index (χ4v) is 5.08. The number of piperazine rings is 1. The van der Waals surface area contributed by atoms with Gasteiger partial charge in [0.2, 0.25) is 10.0 Å². The topological polar surface area (TPSA) is 70.8 Å². The number of para-hydroxylation sites is 1. The fourth-order valence-electron chi connectivity index (χ4n) is 3.17. The summed E-state index contributed by atoms with van der Waals surface area (Å²) in [4.78, 5) is 14.4. The quantitative estimate of drug-likeness (QED) is 0.672. The van der Waals surface area contributed by atoms with Gasteiger partial charge in [-0.25, -0.2) is 8.42 Å². The molecule has 27 heavy (non-hydrogen) atoms. The van der Waals surface area contributed by atoms with Crippen LogP contribution in [0, 0.1) is 0 Å². The molecule has 0 aliphatic carbocycles. The van der Waals surface area contributed by atoms with Crippen LogP contribution in [0.15, 0.2) is 63.9 Å². The molecule has 0 saturated carbocycles. The Morgan fingerprint density at radius 1 is 0.963 bits per heavy atom. The van der Waals surface area contributed by atoms with Gasteiger partial charge in [-0.05, 0) is 24.3 Å². The van der Waals surface area contributed by atoms with Crippen molar-refractivity contribution in [2.24, 2.45) is 0 Å². The van der Waals surface area contributed by atoms with E-state index in [0.29, 0.717) is 18.7 Å². The lowest BCUT2D eigenvalue weighted by Crippen LogP contribution is -2.50. The predicted molar refractivity (Wildman–Crippen MR) is 102 cm³/mol. The molecule has 1 aromatic heterocycles. The summed E-state index contributed by atoms with van der Waals surface area (Å²) < 4.78 is 32.6. The minimum Gasteiger partial charge on any atom is -0.451 e. The molecule has 6 nitrogen and oxygen atoms in total. The number of nitrogens with zero attached hydrogens (tertiary/aromatic N) is 2. The van der Waals surface area contributed by atoms with Crippen LogP contribution < -0.4 is 0 Å². The van der Waals surface area contributed by atoms with E-state index < -0.39 is 10.0 Å². The first-order valence-corrected chi connectivity index (χ1v) is 10.3. The van der Waals surface area contributed by atoms with Crippen molar-refractivity contribution in [3.63, 3.8) is 0 Å². The zero-order valence-corrected chi connectivity index (χ0v) is 15.9. The Morgan fingerprint density at radius 2 is 1.63 bits per heavy atom. The molecular formula is C19H17ClN2O4S. The van der Waals surface area contributed by atoms with Gasteiger partial charge in [0.25, 0.3) is 5.91 Å². The second kappa shape index (κ2) is 6.99. The molecule has 3 aromatic rings. The molecule has 1 aliphatic rings. The van der Waals surface area contributed by atoms with Gasteiger partial charge >= 0.3 is 0 Å². The normalized spacial score (nSPS) is 16.0. The van der Waals surface area contributed by atoms with Crippen molar-refractivity contribution in [2.45, 2.75) is 4.90 Å². The van der Waals surface area contributed by atoms with Gasteiger partial charge in [0.1, 0.15) is 10.5 Å². The molecule has 0 atom stereocenters. The van der Waals surface area contributed by atoms with Gasteiger partial charge in [-0.2, -0.15) is 4.31 Å². The van der Waals surface area contributed by atoms with Gasteiger partial charge in [-0.15, -0.1) is 0 Å². The zero-order valence-electron chi connectivity index (χ0n) is 14.3. The van der Waals surface area contributed by atoms with Gasteiger partial charge < -0.3 is 9.32 Å². The second-order valence-corrected chi connectivity index (χ2v) is 8.59. The molecule has 0 bridgehead atoms. The highest BCUT2D eigenvalue weighted by Crippen LogP contribution is 2.26. The molecule has 0 unspecified atom stereocenters. The predicted octanol–water partition coefficient (Wildman–Crippen LogP) is 3.23. The number of sulfonamides is 1. The number of furan rings is 1. The monoisotopic (exact) mass is 404 g/mol. The number of hydrogen-bond donors (Lipinski definition) is 0. The van der Waals surface area contributed by atoms with E-state index in [-0.39, 0.29) is 34.7 Å². The average molecular weight is 405 g/mol. The van der Waals surface area contributed by atoms with E-state index in [4.69, 9.17) is 16.0 Å². The maximum Gasteiger partial charge on any atom is 0.289 e. The van der Waals surface area contributed by atoms with E-state index in [9.17, 15) is 13.2 Å². The van der Waals surface area contributed by atoms with E-state index in [0.717, 1.165) is 5.39 Å². The number of hydrogen-bond acceptors (Lipinski definition) is 4. The standard InChI is InChI=1S/C19H17ClN2O4S/c20-15-6-2-4-8-18(15)27(24,25)22-11-9-21(10-12-22)19(23)17-13-14-5-1-3-7-16(14)26-17/h1-8,13H,9-12H2. The van der Waals surface area contributed by atoms with Crippen molar-refractivity contribution < 1.29 is 17.6 Å². The van der Waals surface area contributed by atoms with Gasteiger partial charge in [-0.1, -0.05) is 41.9 Å². The molecule has 0 radical (unpaired) electrons. The van der Waals surface area contributed by atoms with Crippen LogP contribution in [0.2, 0.25) is 5.02 Å². The molecule has 0 N–H and O–H groups in total. The number of carbonyl (C=O) groups excluding carboxylic acids is 1. The molecule has 140 valence electrons. The van der Waals surface area contributed by atoms with Crippen LogP contribution >= 0.6 is 11.6 Å². The SMILES string of the molecule is O=C(c1cc2ccccc2o1)N1CCN(S(=O)(=O)c2ccccc2Cl)CC1. The van der Waals surface area contributed by atoms with Crippen molar-refractivity contribution in [3.8, 4) is 0 Å². The third-order valence-corrected chi connectivity index (χ3v) is 7.02. The number of carbonyl (C=O) groups is 1. The highest BCUT2D eigenvalue weighted by atomic mass is 35.5. The van der Waals surface area contributed by atoms with Crippen LogP contribution in [-0.2, 0) is 10.0 Å². The van der Waals surface area contributed by atoms with E-state index in [2.05, 4.69) is 0 Å². The maximum absolute atomic E-state index is 12.8. The average Bonchev–Trinajstić information content (AvgIpc) is 3.12. The summed E-state index contributed by atoms with van der Waals surface area (Å²) in [5, 5.41) is 1.05. The smallest absolute Gasteiger partial charge is 0.289 e.